The summed E-state index contributed by atoms with van der Waals surface area (Å²) in [5, 5.41) is 3.50. The molecule has 1 atom stereocenters. The van der Waals surface area contributed by atoms with Crippen LogP contribution in [0.1, 0.15) is 45.0 Å². The summed E-state index contributed by atoms with van der Waals surface area (Å²) >= 11 is 0. The lowest BCUT2D eigenvalue weighted by molar-refractivity contribution is 0.678. The highest BCUT2D eigenvalue weighted by Gasteiger charge is 2.18. The van der Waals surface area contributed by atoms with Gasteiger partial charge in [-0.25, -0.2) is 0 Å². The van der Waals surface area contributed by atoms with Gasteiger partial charge in [-0.3, -0.25) is 0 Å². The van der Waals surface area contributed by atoms with Crippen molar-refractivity contribution in [1.29, 1.82) is 0 Å². The lowest BCUT2D eigenvalue weighted by Gasteiger charge is -2.24. The Morgan fingerprint density at radius 2 is 1.30 bits per heavy atom. The zero-order valence-electron chi connectivity index (χ0n) is 13.5. The second kappa shape index (κ2) is 5.80. The standard InChI is InChI=1S/C19H25N/c1-12-8-7-9-13(2)18(12)19(20-6)17-11-15(4)14(3)10-16(17)5/h7-11,19-20H,1-6H3. The molecule has 1 unspecified atom stereocenters. The molecule has 20 heavy (non-hydrogen) atoms. The largest absolute Gasteiger partial charge is 0.309 e. The summed E-state index contributed by atoms with van der Waals surface area (Å²) in [6.45, 7) is 11.0. The molecule has 0 aromatic heterocycles. The summed E-state index contributed by atoms with van der Waals surface area (Å²) in [6, 6.07) is 11.4. The fraction of sp³-hybridized carbons (Fsp3) is 0.368. The molecule has 0 fully saturated rings. The van der Waals surface area contributed by atoms with Gasteiger partial charge in [0.2, 0.25) is 0 Å². The van der Waals surface area contributed by atoms with Gasteiger partial charge in [0.15, 0.2) is 0 Å². The molecule has 0 saturated heterocycles. The quantitative estimate of drug-likeness (QED) is 0.861. The Kier molecular flexibility index (Phi) is 4.29. The van der Waals surface area contributed by atoms with E-state index in [4.69, 9.17) is 0 Å². The van der Waals surface area contributed by atoms with Gasteiger partial charge in [-0.05, 0) is 80.6 Å². The Hall–Kier alpha value is -1.60. The van der Waals surface area contributed by atoms with Crippen molar-refractivity contribution in [3.05, 3.63) is 69.3 Å². The van der Waals surface area contributed by atoms with E-state index in [2.05, 4.69) is 70.3 Å². The van der Waals surface area contributed by atoms with Gasteiger partial charge >= 0.3 is 0 Å². The summed E-state index contributed by atoms with van der Waals surface area (Å²) in [6.07, 6.45) is 0. The first kappa shape index (κ1) is 14.8. The molecule has 0 saturated carbocycles. The average molecular weight is 267 g/mol. The number of rotatable bonds is 3. The molecule has 0 amide bonds. The zero-order chi connectivity index (χ0) is 14.9. The van der Waals surface area contributed by atoms with Gasteiger partial charge in [-0.1, -0.05) is 30.3 Å². The van der Waals surface area contributed by atoms with Crippen molar-refractivity contribution in [2.24, 2.45) is 0 Å². The predicted molar refractivity (Wildman–Crippen MR) is 87.5 cm³/mol. The molecule has 2 aromatic carbocycles. The van der Waals surface area contributed by atoms with Crippen molar-refractivity contribution >= 4 is 0 Å². The van der Waals surface area contributed by atoms with Crippen molar-refractivity contribution < 1.29 is 0 Å². The van der Waals surface area contributed by atoms with Crippen LogP contribution in [0, 0.1) is 34.6 Å². The van der Waals surface area contributed by atoms with Crippen molar-refractivity contribution in [2.45, 2.75) is 40.7 Å². The van der Waals surface area contributed by atoms with Crippen LogP contribution in [0.3, 0.4) is 0 Å². The monoisotopic (exact) mass is 267 g/mol. The van der Waals surface area contributed by atoms with Gasteiger partial charge in [-0.2, -0.15) is 0 Å². The summed E-state index contributed by atoms with van der Waals surface area (Å²) in [4.78, 5) is 0. The van der Waals surface area contributed by atoms with Crippen molar-refractivity contribution in [3.63, 3.8) is 0 Å². The molecule has 0 aliphatic carbocycles. The molecule has 1 nitrogen and oxygen atoms in total. The Morgan fingerprint density at radius 1 is 0.750 bits per heavy atom. The lowest BCUT2D eigenvalue weighted by Crippen LogP contribution is -2.21. The molecule has 0 aliphatic rings. The first-order valence-corrected chi connectivity index (χ1v) is 7.26. The van der Waals surface area contributed by atoms with Crippen LogP contribution in [0.2, 0.25) is 0 Å². The molecule has 1 N–H and O–H groups in total. The summed E-state index contributed by atoms with van der Waals surface area (Å²) in [5.74, 6) is 0. The van der Waals surface area contributed by atoms with E-state index in [1.54, 1.807) is 0 Å². The Morgan fingerprint density at radius 3 is 1.85 bits per heavy atom. The maximum Gasteiger partial charge on any atom is 0.0582 e. The molecule has 0 aliphatic heterocycles. The number of hydrogen-bond acceptors (Lipinski definition) is 1. The number of benzene rings is 2. The first-order valence-electron chi connectivity index (χ1n) is 7.26. The molecular formula is C19H25N. The minimum Gasteiger partial charge on any atom is -0.309 e. The minimum absolute atomic E-state index is 0.260. The zero-order valence-corrected chi connectivity index (χ0v) is 13.5. The van der Waals surface area contributed by atoms with E-state index in [1.807, 2.05) is 7.05 Å². The lowest BCUT2D eigenvalue weighted by atomic mass is 9.87. The highest BCUT2D eigenvalue weighted by molar-refractivity contribution is 5.46. The van der Waals surface area contributed by atoms with E-state index in [1.165, 1.54) is 38.9 Å². The fourth-order valence-corrected chi connectivity index (χ4v) is 3.03. The van der Waals surface area contributed by atoms with Gasteiger partial charge in [0.05, 0.1) is 6.04 Å². The second-order valence-corrected chi connectivity index (χ2v) is 5.82. The fourth-order valence-electron chi connectivity index (χ4n) is 3.03. The van der Waals surface area contributed by atoms with E-state index < -0.39 is 0 Å². The molecular weight excluding hydrogens is 242 g/mol. The third-order valence-corrected chi connectivity index (χ3v) is 4.31. The Labute approximate surface area is 123 Å². The summed E-state index contributed by atoms with van der Waals surface area (Å²) < 4.78 is 0. The van der Waals surface area contributed by atoms with Gasteiger partial charge in [0.25, 0.3) is 0 Å². The van der Waals surface area contributed by atoms with Crippen LogP contribution in [0.15, 0.2) is 30.3 Å². The molecule has 2 aromatic rings. The van der Waals surface area contributed by atoms with Crippen LogP contribution in [-0.4, -0.2) is 7.05 Å². The molecule has 0 radical (unpaired) electrons. The number of hydrogen-bond donors (Lipinski definition) is 1. The van der Waals surface area contributed by atoms with E-state index in [0.29, 0.717) is 0 Å². The van der Waals surface area contributed by atoms with Gasteiger partial charge in [0.1, 0.15) is 0 Å². The maximum absolute atomic E-state index is 3.50. The van der Waals surface area contributed by atoms with E-state index in [0.717, 1.165) is 0 Å². The van der Waals surface area contributed by atoms with Gasteiger partial charge in [-0.15, -0.1) is 0 Å². The molecule has 0 spiro atoms. The Balaban J connectivity index is 2.62. The first-order chi connectivity index (χ1) is 9.45. The predicted octanol–water partition coefficient (Wildman–Crippen LogP) is 4.54. The average Bonchev–Trinajstić information content (AvgIpc) is 2.39. The molecule has 0 heterocycles. The maximum atomic E-state index is 3.50. The highest BCUT2D eigenvalue weighted by atomic mass is 14.9. The van der Waals surface area contributed by atoms with Crippen molar-refractivity contribution in [3.8, 4) is 0 Å². The van der Waals surface area contributed by atoms with Crippen LogP contribution in [0.25, 0.3) is 0 Å². The van der Waals surface area contributed by atoms with Crippen LogP contribution in [0.4, 0.5) is 0 Å². The van der Waals surface area contributed by atoms with E-state index in [-0.39, 0.29) is 6.04 Å². The number of aryl methyl sites for hydroxylation is 5. The normalized spacial score (nSPS) is 12.5. The van der Waals surface area contributed by atoms with E-state index >= 15 is 0 Å². The second-order valence-electron chi connectivity index (χ2n) is 5.82. The third kappa shape index (κ3) is 2.64. The molecule has 0 bridgehead atoms. The van der Waals surface area contributed by atoms with Crippen LogP contribution >= 0.6 is 0 Å². The van der Waals surface area contributed by atoms with Crippen LogP contribution in [-0.2, 0) is 0 Å². The van der Waals surface area contributed by atoms with Crippen molar-refractivity contribution in [2.75, 3.05) is 7.05 Å². The Bertz CT molecular complexity index is 606. The van der Waals surface area contributed by atoms with Gasteiger partial charge in [0, 0.05) is 0 Å². The minimum atomic E-state index is 0.260. The van der Waals surface area contributed by atoms with E-state index in [9.17, 15) is 0 Å². The van der Waals surface area contributed by atoms with Crippen molar-refractivity contribution in [1.82, 2.24) is 5.32 Å². The number of nitrogens with one attached hydrogen (secondary N) is 1. The highest BCUT2D eigenvalue weighted by Crippen LogP contribution is 2.30. The van der Waals surface area contributed by atoms with Crippen LogP contribution in [0.5, 0.6) is 0 Å². The molecule has 2 rings (SSSR count). The third-order valence-electron chi connectivity index (χ3n) is 4.31. The van der Waals surface area contributed by atoms with Gasteiger partial charge < -0.3 is 5.32 Å². The molecule has 1 heteroatoms. The SMILES string of the molecule is CNC(c1cc(C)c(C)cc1C)c1c(C)cccc1C. The smallest absolute Gasteiger partial charge is 0.0582 e. The summed E-state index contributed by atoms with van der Waals surface area (Å²) in [7, 11) is 2.05. The van der Waals surface area contributed by atoms with Crippen LogP contribution < -0.4 is 5.32 Å². The topological polar surface area (TPSA) is 12.0 Å². The summed E-state index contributed by atoms with van der Waals surface area (Å²) in [5.41, 5.74) is 9.56. The molecule has 106 valence electrons.